The van der Waals surface area contributed by atoms with Crippen LogP contribution in [0.3, 0.4) is 0 Å². The predicted molar refractivity (Wildman–Crippen MR) is 73.4 cm³/mol. The third kappa shape index (κ3) is 3.72. The molecule has 2 rings (SSSR count). The standard InChI is InChI=1S/C14H22N2O5/c1-21-11(17)6-5-10(14(19)20)16-13(18)12-9-4-2-3-8(9)7-15-12/h8-10,12,15H,2-7H2,1H3,(H,16,18)(H,19,20)/t8?,9?,10-,12?/m0/s1. The summed E-state index contributed by atoms with van der Waals surface area (Å²) in [5.41, 5.74) is 0. The first-order valence-corrected chi connectivity index (χ1v) is 7.36. The van der Waals surface area contributed by atoms with Gasteiger partial charge in [0.1, 0.15) is 6.04 Å². The molecule has 0 spiro atoms. The van der Waals surface area contributed by atoms with E-state index >= 15 is 0 Å². The van der Waals surface area contributed by atoms with Gasteiger partial charge in [-0.05, 0) is 37.6 Å². The Morgan fingerprint density at radius 3 is 2.81 bits per heavy atom. The summed E-state index contributed by atoms with van der Waals surface area (Å²) in [5.74, 6) is -1.06. The van der Waals surface area contributed by atoms with Crippen LogP contribution in [0.5, 0.6) is 0 Å². The third-order valence-corrected chi connectivity index (χ3v) is 4.51. The number of rotatable bonds is 6. The zero-order valence-corrected chi connectivity index (χ0v) is 12.1. The highest BCUT2D eigenvalue weighted by molar-refractivity contribution is 5.87. The van der Waals surface area contributed by atoms with E-state index in [1.165, 1.54) is 7.11 Å². The molecule has 21 heavy (non-hydrogen) atoms. The van der Waals surface area contributed by atoms with Crippen molar-refractivity contribution in [2.45, 2.75) is 44.2 Å². The van der Waals surface area contributed by atoms with Gasteiger partial charge in [0.2, 0.25) is 5.91 Å². The van der Waals surface area contributed by atoms with Crippen LogP contribution in [0.25, 0.3) is 0 Å². The number of aliphatic carboxylic acids is 1. The van der Waals surface area contributed by atoms with Crippen LogP contribution in [0, 0.1) is 11.8 Å². The first kappa shape index (κ1) is 15.8. The number of amides is 1. The van der Waals surface area contributed by atoms with Crippen LogP contribution in [-0.2, 0) is 19.1 Å². The number of carbonyl (C=O) groups excluding carboxylic acids is 2. The van der Waals surface area contributed by atoms with Gasteiger partial charge in [-0.3, -0.25) is 9.59 Å². The van der Waals surface area contributed by atoms with Crippen molar-refractivity contribution in [1.29, 1.82) is 0 Å². The molecule has 2 aliphatic rings. The summed E-state index contributed by atoms with van der Waals surface area (Å²) >= 11 is 0. The molecule has 1 heterocycles. The Hall–Kier alpha value is -1.63. The van der Waals surface area contributed by atoms with E-state index in [1.54, 1.807) is 0 Å². The third-order valence-electron chi connectivity index (χ3n) is 4.51. The second-order valence-corrected chi connectivity index (χ2v) is 5.75. The van der Waals surface area contributed by atoms with Crippen LogP contribution in [-0.4, -0.2) is 48.7 Å². The van der Waals surface area contributed by atoms with Crippen molar-refractivity contribution in [3.8, 4) is 0 Å². The Morgan fingerprint density at radius 2 is 2.14 bits per heavy atom. The second-order valence-electron chi connectivity index (χ2n) is 5.75. The van der Waals surface area contributed by atoms with Gasteiger partial charge in [0.25, 0.3) is 0 Å². The van der Waals surface area contributed by atoms with Crippen molar-refractivity contribution >= 4 is 17.8 Å². The minimum absolute atomic E-state index is 0.0299. The SMILES string of the molecule is COC(=O)CC[C@H](NC(=O)C1NCC2CCCC21)C(=O)O. The summed E-state index contributed by atoms with van der Waals surface area (Å²) in [4.78, 5) is 34.5. The monoisotopic (exact) mass is 298 g/mol. The minimum Gasteiger partial charge on any atom is -0.480 e. The first-order valence-electron chi connectivity index (χ1n) is 7.36. The molecule has 2 fully saturated rings. The van der Waals surface area contributed by atoms with Crippen molar-refractivity contribution in [3.63, 3.8) is 0 Å². The lowest BCUT2D eigenvalue weighted by molar-refractivity contribution is -0.144. The number of esters is 1. The molecule has 7 nitrogen and oxygen atoms in total. The number of carboxylic acid groups (broad SMARTS) is 1. The number of hydrogen-bond acceptors (Lipinski definition) is 5. The number of fused-ring (bicyclic) bond motifs is 1. The summed E-state index contributed by atoms with van der Waals surface area (Å²) in [6.07, 6.45) is 3.28. The molecule has 1 saturated carbocycles. The quantitative estimate of drug-likeness (QED) is 0.591. The molecule has 1 saturated heterocycles. The second kappa shape index (κ2) is 6.89. The maximum atomic E-state index is 12.3. The molecule has 0 aromatic carbocycles. The molecule has 118 valence electrons. The van der Waals surface area contributed by atoms with Gasteiger partial charge in [0, 0.05) is 6.42 Å². The molecule has 1 amide bonds. The van der Waals surface area contributed by atoms with Crippen molar-refractivity contribution in [1.82, 2.24) is 10.6 Å². The van der Waals surface area contributed by atoms with Crippen LogP contribution < -0.4 is 10.6 Å². The number of carbonyl (C=O) groups is 3. The Labute approximate surface area is 123 Å². The summed E-state index contributed by atoms with van der Waals surface area (Å²) in [7, 11) is 1.25. The number of carboxylic acids is 1. The van der Waals surface area contributed by atoms with E-state index in [2.05, 4.69) is 15.4 Å². The minimum atomic E-state index is -1.13. The molecule has 4 atom stereocenters. The first-order chi connectivity index (χ1) is 10.0. The Morgan fingerprint density at radius 1 is 1.38 bits per heavy atom. The van der Waals surface area contributed by atoms with Crippen molar-refractivity contribution in [3.05, 3.63) is 0 Å². The average molecular weight is 298 g/mol. The van der Waals surface area contributed by atoms with Crippen LogP contribution >= 0.6 is 0 Å². The molecular weight excluding hydrogens is 276 g/mol. The van der Waals surface area contributed by atoms with Crippen molar-refractivity contribution in [2.24, 2.45) is 11.8 Å². The molecule has 1 aliphatic carbocycles. The van der Waals surface area contributed by atoms with Crippen LogP contribution in [0.2, 0.25) is 0 Å². The number of nitrogens with one attached hydrogen (secondary N) is 2. The summed E-state index contributed by atoms with van der Waals surface area (Å²) in [6, 6.07) is -1.36. The fourth-order valence-electron chi connectivity index (χ4n) is 3.36. The van der Waals surface area contributed by atoms with Crippen molar-refractivity contribution < 1.29 is 24.2 Å². The predicted octanol–water partition coefficient (Wildman–Crippen LogP) is -0.103. The van der Waals surface area contributed by atoms with Gasteiger partial charge in [0.05, 0.1) is 13.2 Å². The molecular formula is C14H22N2O5. The van der Waals surface area contributed by atoms with E-state index in [1.807, 2.05) is 0 Å². The topological polar surface area (TPSA) is 105 Å². The molecule has 0 radical (unpaired) electrons. The van der Waals surface area contributed by atoms with E-state index in [0.29, 0.717) is 11.8 Å². The molecule has 3 N–H and O–H groups in total. The number of ether oxygens (including phenoxy) is 1. The highest BCUT2D eigenvalue weighted by Crippen LogP contribution is 2.37. The van der Waals surface area contributed by atoms with Crippen LogP contribution in [0.4, 0.5) is 0 Å². The maximum absolute atomic E-state index is 12.3. The lowest BCUT2D eigenvalue weighted by atomic mass is 9.93. The van der Waals surface area contributed by atoms with Gasteiger partial charge in [-0.15, -0.1) is 0 Å². The van der Waals surface area contributed by atoms with Gasteiger partial charge in [-0.1, -0.05) is 6.42 Å². The average Bonchev–Trinajstić information content (AvgIpc) is 3.04. The zero-order chi connectivity index (χ0) is 15.4. The number of methoxy groups -OCH3 is 1. The summed E-state index contributed by atoms with van der Waals surface area (Å²) in [6.45, 7) is 0.822. The fraction of sp³-hybridized carbons (Fsp3) is 0.786. The van der Waals surface area contributed by atoms with E-state index in [0.717, 1.165) is 25.8 Å². The van der Waals surface area contributed by atoms with Gasteiger partial charge in [0.15, 0.2) is 0 Å². The largest absolute Gasteiger partial charge is 0.480 e. The summed E-state index contributed by atoms with van der Waals surface area (Å²) < 4.78 is 4.48. The number of hydrogen-bond donors (Lipinski definition) is 3. The Kier molecular flexibility index (Phi) is 5.17. The molecule has 7 heteroatoms. The smallest absolute Gasteiger partial charge is 0.326 e. The Balaban J connectivity index is 1.89. The van der Waals surface area contributed by atoms with Gasteiger partial charge in [-0.25, -0.2) is 4.79 Å². The zero-order valence-electron chi connectivity index (χ0n) is 12.1. The van der Waals surface area contributed by atoms with Crippen LogP contribution in [0.15, 0.2) is 0 Å². The van der Waals surface area contributed by atoms with Gasteiger partial charge in [-0.2, -0.15) is 0 Å². The lowest BCUT2D eigenvalue weighted by Crippen LogP contribution is -2.50. The summed E-state index contributed by atoms with van der Waals surface area (Å²) in [5, 5.41) is 14.9. The van der Waals surface area contributed by atoms with E-state index in [9.17, 15) is 14.4 Å². The van der Waals surface area contributed by atoms with Gasteiger partial charge >= 0.3 is 11.9 Å². The molecule has 0 bridgehead atoms. The molecule has 0 aromatic rings. The Bertz CT molecular complexity index is 426. The molecule has 3 unspecified atom stereocenters. The lowest BCUT2D eigenvalue weighted by Gasteiger charge is -2.21. The van der Waals surface area contributed by atoms with E-state index in [-0.39, 0.29) is 24.8 Å². The van der Waals surface area contributed by atoms with Gasteiger partial charge < -0.3 is 20.5 Å². The van der Waals surface area contributed by atoms with E-state index in [4.69, 9.17) is 5.11 Å². The van der Waals surface area contributed by atoms with Crippen LogP contribution in [0.1, 0.15) is 32.1 Å². The molecule has 0 aromatic heterocycles. The maximum Gasteiger partial charge on any atom is 0.326 e. The van der Waals surface area contributed by atoms with E-state index < -0.39 is 18.0 Å². The highest BCUT2D eigenvalue weighted by atomic mass is 16.5. The van der Waals surface area contributed by atoms with Crippen molar-refractivity contribution in [2.75, 3.05) is 13.7 Å². The normalized spacial score (nSPS) is 28.7. The molecule has 1 aliphatic heterocycles. The highest BCUT2D eigenvalue weighted by Gasteiger charge is 2.43. The fourth-order valence-corrected chi connectivity index (χ4v) is 3.36.